The number of fused-ring (bicyclic) bond motifs is 1. The van der Waals surface area contributed by atoms with E-state index in [4.69, 9.17) is 27.2 Å². The van der Waals surface area contributed by atoms with Gasteiger partial charge in [-0.1, -0.05) is 11.6 Å². The zero-order valence-corrected chi connectivity index (χ0v) is 16.4. The molecule has 2 fully saturated rings. The highest BCUT2D eigenvalue weighted by molar-refractivity contribution is 6.31. The molecule has 2 aliphatic carbocycles. The van der Waals surface area contributed by atoms with Crippen LogP contribution < -0.4 is 11.1 Å². The number of halogens is 1. The number of oxazole rings is 1. The van der Waals surface area contributed by atoms with Crippen molar-refractivity contribution in [1.82, 2.24) is 15.3 Å². The lowest BCUT2D eigenvalue weighted by atomic mass is 9.50. The molecule has 0 atom stereocenters. The Kier molecular flexibility index (Phi) is 4.10. The van der Waals surface area contributed by atoms with Gasteiger partial charge in [0.2, 0.25) is 0 Å². The van der Waals surface area contributed by atoms with E-state index in [-0.39, 0.29) is 23.2 Å². The molecule has 7 nitrogen and oxygen atoms in total. The Morgan fingerprint density at radius 2 is 2.03 bits per heavy atom. The molecule has 4 N–H and O–H groups in total. The topological polar surface area (TPSA) is 118 Å². The number of carbonyl (C=O) groups excluding carboxylic acids is 1. The van der Waals surface area contributed by atoms with E-state index in [1.807, 2.05) is 18.2 Å². The highest BCUT2D eigenvalue weighted by Gasteiger charge is 2.54. The average Bonchev–Trinajstić information content (AvgIpc) is 3.04. The van der Waals surface area contributed by atoms with Crippen molar-refractivity contribution >= 4 is 34.4 Å². The minimum Gasteiger partial charge on any atom is -0.440 e. The molecule has 2 aromatic heterocycles. The third kappa shape index (κ3) is 3.25. The second-order valence-corrected chi connectivity index (χ2v) is 8.63. The second kappa shape index (κ2) is 6.56. The van der Waals surface area contributed by atoms with Crippen LogP contribution in [0.5, 0.6) is 0 Å². The third-order valence-electron chi connectivity index (χ3n) is 6.07. The summed E-state index contributed by atoms with van der Waals surface area (Å²) in [5.74, 6) is 0.816. The summed E-state index contributed by atoms with van der Waals surface area (Å²) in [6.07, 6.45) is 5.49. The number of amidine groups is 1. The van der Waals surface area contributed by atoms with Gasteiger partial charge in [-0.05, 0) is 61.4 Å². The van der Waals surface area contributed by atoms with Gasteiger partial charge in [-0.25, -0.2) is 4.98 Å². The Morgan fingerprint density at radius 1 is 1.24 bits per heavy atom. The molecule has 2 heterocycles. The number of pyridine rings is 1. The zero-order chi connectivity index (χ0) is 20.2. The summed E-state index contributed by atoms with van der Waals surface area (Å²) in [5.41, 5.74) is 8.08. The van der Waals surface area contributed by atoms with Gasteiger partial charge in [-0.2, -0.15) is 0 Å². The number of carbonyl (C=O) groups is 1. The first-order chi connectivity index (χ1) is 13.9. The fourth-order valence-corrected chi connectivity index (χ4v) is 4.83. The van der Waals surface area contributed by atoms with Gasteiger partial charge in [0, 0.05) is 28.7 Å². The monoisotopic (exact) mass is 409 g/mol. The molecule has 0 radical (unpaired) electrons. The smallest absolute Gasteiger partial charge is 0.251 e. The minimum atomic E-state index is -0.151. The van der Waals surface area contributed by atoms with Gasteiger partial charge >= 0.3 is 0 Å². The summed E-state index contributed by atoms with van der Waals surface area (Å²) in [4.78, 5) is 21.0. The first kappa shape index (κ1) is 18.1. The van der Waals surface area contributed by atoms with E-state index in [9.17, 15) is 4.79 Å². The summed E-state index contributed by atoms with van der Waals surface area (Å²) >= 11 is 6.02. The van der Waals surface area contributed by atoms with E-state index in [1.165, 1.54) is 6.20 Å². The minimum absolute atomic E-state index is 0.149. The quantitative estimate of drug-likeness (QED) is 0.449. The fourth-order valence-electron chi connectivity index (χ4n) is 4.66. The van der Waals surface area contributed by atoms with Crippen molar-refractivity contribution in [3.8, 4) is 0 Å². The molecular formula is C21H20ClN5O2. The zero-order valence-electron chi connectivity index (χ0n) is 15.6. The lowest BCUT2D eigenvalue weighted by Crippen LogP contribution is -2.55. The van der Waals surface area contributed by atoms with Crippen LogP contribution in [0.4, 0.5) is 0 Å². The van der Waals surface area contributed by atoms with Crippen LogP contribution in [0.2, 0.25) is 5.02 Å². The molecular weight excluding hydrogens is 390 g/mol. The lowest BCUT2D eigenvalue weighted by molar-refractivity contribution is -0.0253. The van der Waals surface area contributed by atoms with E-state index in [2.05, 4.69) is 15.3 Å². The second-order valence-electron chi connectivity index (χ2n) is 8.19. The van der Waals surface area contributed by atoms with Crippen LogP contribution in [-0.2, 0) is 0 Å². The molecule has 1 aromatic carbocycles. The summed E-state index contributed by atoms with van der Waals surface area (Å²) in [6, 6.07) is 8.83. The number of amides is 1. The van der Waals surface area contributed by atoms with E-state index in [1.54, 1.807) is 12.1 Å². The van der Waals surface area contributed by atoms with Gasteiger partial charge in [-0.3, -0.25) is 15.2 Å². The van der Waals surface area contributed by atoms with E-state index < -0.39 is 0 Å². The molecule has 2 saturated carbocycles. The first-order valence-electron chi connectivity index (χ1n) is 9.58. The number of nitrogens with one attached hydrogen (secondary N) is 2. The van der Waals surface area contributed by atoms with Crippen molar-refractivity contribution < 1.29 is 9.21 Å². The van der Waals surface area contributed by atoms with Crippen molar-refractivity contribution in [3.05, 3.63) is 58.7 Å². The summed E-state index contributed by atoms with van der Waals surface area (Å²) in [5, 5.41) is 11.2. The Bertz CT molecular complexity index is 1130. The van der Waals surface area contributed by atoms with Gasteiger partial charge < -0.3 is 15.5 Å². The van der Waals surface area contributed by atoms with Gasteiger partial charge in [0.05, 0.1) is 0 Å². The molecule has 29 heavy (non-hydrogen) atoms. The SMILES string of the molecule is N=C(N)c1cc(C(=O)NC2CC3(C2)CC(c2nc4cc(Cl)ccc4o2)C3)ccn1. The van der Waals surface area contributed by atoms with Crippen LogP contribution in [0.1, 0.15) is 53.5 Å². The largest absolute Gasteiger partial charge is 0.440 e. The van der Waals surface area contributed by atoms with Gasteiger partial charge in [0.1, 0.15) is 17.0 Å². The van der Waals surface area contributed by atoms with Crippen LogP contribution in [0.15, 0.2) is 40.9 Å². The molecule has 0 aliphatic heterocycles. The summed E-state index contributed by atoms with van der Waals surface area (Å²) in [6.45, 7) is 0. The number of hydrogen-bond donors (Lipinski definition) is 3. The molecule has 5 rings (SSSR count). The predicted octanol–water partition coefficient (Wildman–Crippen LogP) is 3.62. The predicted molar refractivity (Wildman–Crippen MR) is 109 cm³/mol. The molecule has 2 aliphatic rings. The van der Waals surface area contributed by atoms with Crippen LogP contribution >= 0.6 is 11.6 Å². The van der Waals surface area contributed by atoms with Crippen molar-refractivity contribution in [2.75, 3.05) is 0 Å². The van der Waals surface area contributed by atoms with Crippen LogP contribution in [0.25, 0.3) is 11.1 Å². The van der Waals surface area contributed by atoms with Gasteiger partial charge in [-0.15, -0.1) is 0 Å². The Morgan fingerprint density at radius 3 is 2.79 bits per heavy atom. The van der Waals surface area contributed by atoms with Crippen molar-refractivity contribution in [3.63, 3.8) is 0 Å². The number of nitrogens with two attached hydrogens (primary N) is 1. The van der Waals surface area contributed by atoms with Gasteiger partial charge in [0.25, 0.3) is 5.91 Å². The number of nitrogens with zero attached hydrogens (tertiary/aromatic N) is 2. The van der Waals surface area contributed by atoms with Crippen molar-refractivity contribution in [2.24, 2.45) is 11.1 Å². The van der Waals surface area contributed by atoms with Gasteiger partial charge in [0.15, 0.2) is 11.5 Å². The molecule has 148 valence electrons. The number of aromatic nitrogens is 2. The highest BCUT2D eigenvalue weighted by Crippen LogP contribution is 2.61. The fraction of sp³-hybridized carbons (Fsp3) is 0.333. The number of rotatable bonds is 4. The summed E-state index contributed by atoms with van der Waals surface area (Å²) < 4.78 is 5.90. The Balaban J connectivity index is 1.17. The lowest BCUT2D eigenvalue weighted by Gasteiger charge is -2.57. The first-order valence-corrected chi connectivity index (χ1v) is 9.96. The molecule has 1 spiro atoms. The molecule has 1 amide bonds. The average molecular weight is 410 g/mol. The highest BCUT2D eigenvalue weighted by atomic mass is 35.5. The standard InChI is InChI=1S/C21H20ClN5O2/c22-13-1-2-17-15(6-13)27-20(29-17)12-7-21(8-12)9-14(10-21)26-19(28)11-3-4-25-16(5-11)18(23)24/h1-6,12,14H,7-10H2,(H3,23,24)(H,26,28). The molecule has 3 aromatic rings. The number of hydrogen-bond acceptors (Lipinski definition) is 5. The van der Waals surface area contributed by atoms with E-state index in [0.29, 0.717) is 22.2 Å². The molecule has 0 bridgehead atoms. The summed E-state index contributed by atoms with van der Waals surface area (Å²) in [7, 11) is 0. The number of benzene rings is 1. The van der Waals surface area contributed by atoms with Crippen molar-refractivity contribution in [2.45, 2.75) is 37.6 Å². The van der Waals surface area contributed by atoms with Crippen LogP contribution in [-0.4, -0.2) is 27.8 Å². The normalized spacial score (nSPS) is 25.4. The van der Waals surface area contributed by atoms with E-state index >= 15 is 0 Å². The Hall–Kier alpha value is -2.93. The molecule has 0 unspecified atom stereocenters. The van der Waals surface area contributed by atoms with Crippen LogP contribution in [0.3, 0.4) is 0 Å². The maximum Gasteiger partial charge on any atom is 0.251 e. The molecule has 0 saturated heterocycles. The number of nitrogen functional groups attached to an aromatic ring is 1. The van der Waals surface area contributed by atoms with Crippen molar-refractivity contribution in [1.29, 1.82) is 5.41 Å². The molecule has 8 heteroatoms. The Labute approximate surface area is 172 Å². The maximum absolute atomic E-state index is 12.5. The van der Waals surface area contributed by atoms with E-state index in [0.717, 1.165) is 42.7 Å². The van der Waals surface area contributed by atoms with Crippen LogP contribution in [0, 0.1) is 10.8 Å². The maximum atomic E-state index is 12.5. The third-order valence-corrected chi connectivity index (χ3v) is 6.30.